The fourth-order valence-electron chi connectivity index (χ4n) is 1.02. The number of hydrogen-bond donors (Lipinski definition) is 2. The van der Waals surface area contributed by atoms with Gasteiger partial charge in [-0.15, -0.1) is 0 Å². The van der Waals surface area contributed by atoms with Crippen LogP contribution in [0.1, 0.15) is 11.6 Å². The zero-order chi connectivity index (χ0) is 10.7. The molecule has 14 heavy (non-hydrogen) atoms. The number of hydrogen-bond acceptors (Lipinski definition) is 3. The van der Waals surface area contributed by atoms with E-state index in [4.69, 9.17) is 27.2 Å². The first kappa shape index (κ1) is 10.8. The summed E-state index contributed by atoms with van der Waals surface area (Å²) in [4.78, 5) is 10.6. The van der Waals surface area contributed by atoms with Gasteiger partial charge in [-0.25, -0.2) is 0 Å². The summed E-state index contributed by atoms with van der Waals surface area (Å²) in [7, 11) is 1.50. The van der Waals surface area contributed by atoms with Gasteiger partial charge in [0.25, 0.3) is 0 Å². The molecule has 0 saturated carbocycles. The Hall–Kier alpha value is -1.26. The molecule has 3 N–H and O–H groups in total. The van der Waals surface area contributed by atoms with Crippen LogP contribution in [-0.4, -0.2) is 18.2 Å². The topological polar surface area (TPSA) is 72.5 Å². The second-order valence-electron chi connectivity index (χ2n) is 2.70. The molecule has 0 aliphatic rings. The van der Waals surface area contributed by atoms with E-state index < -0.39 is 12.0 Å². The molecule has 1 rings (SSSR count). The van der Waals surface area contributed by atoms with Gasteiger partial charge in [0.2, 0.25) is 0 Å². The second kappa shape index (κ2) is 4.30. The molecule has 1 atom stereocenters. The van der Waals surface area contributed by atoms with Crippen molar-refractivity contribution in [3.8, 4) is 5.75 Å². The zero-order valence-electron chi connectivity index (χ0n) is 7.53. The molecule has 0 aliphatic carbocycles. The monoisotopic (exact) mass is 215 g/mol. The molecule has 0 aliphatic heterocycles. The minimum atomic E-state index is -1.11. The highest BCUT2D eigenvalue weighted by Crippen LogP contribution is 2.26. The van der Waals surface area contributed by atoms with E-state index in [0.29, 0.717) is 16.3 Å². The minimum Gasteiger partial charge on any atom is -0.497 e. The largest absolute Gasteiger partial charge is 0.497 e. The van der Waals surface area contributed by atoms with E-state index in [0.717, 1.165) is 0 Å². The van der Waals surface area contributed by atoms with E-state index in [1.165, 1.54) is 13.2 Å². The third kappa shape index (κ3) is 2.16. The Kier molecular flexibility index (Phi) is 3.33. The van der Waals surface area contributed by atoms with E-state index in [2.05, 4.69) is 0 Å². The second-order valence-corrected chi connectivity index (χ2v) is 3.11. The molecule has 0 heterocycles. The van der Waals surface area contributed by atoms with Crippen LogP contribution in [0.2, 0.25) is 5.02 Å². The molecule has 0 spiro atoms. The van der Waals surface area contributed by atoms with Crippen LogP contribution < -0.4 is 10.5 Å². The first-order valence-electron chi connectivity index (χ1n) is 3.88. The van der Waals surface area contributed by atoms with Crippen molar-refractivity contribution < 1.29 is 14.6 Å². The number of methoxy groups -OCH3 is 1. The van der Waals surface area contributed by atoms with Gasteiger partial charge in [0.15, 0.2) is 0 Å². The highest BCUT2D eigenvalue weighted by molar-refractivity contribution is 6.31. The number of ether oxygens (including phenoxy) is 1. The van der Waals surface area contributed by atoms with Crippen LogP contribution in [0, 0.1) is 0 Å². The summed E-state index contributed by atoms with van der Waals surface area (Å²) in [6.07, 6.45) is 0. The van der Waals surface area contributed by atoms with Gasteiger partial charge in [-0.3, -0.25) is 4.79 Å². The van der Waals surface area contributed by atoms with Crippen LogP contribution in [0.5, 0.6) is 5.75 Å². The Balaban J connectivity index is 3.05. The van der Waals surface area contributed by atoms with E-state index in [1.807, 2.05) is 0 Å². The number of carboxylic acids is 1. The van der Waals surface area contributed by atoms with Gasteiger partial charge in [0.1, 0.15) is 11.8 Å². The Morgan fingerprint density at radius 1 is 1.64 bits per heavy atom. The lowest BCUT2D eigenvalue weighted by atomic mass is 10.1. The summed E-state index contributed by atoms with van der Waals surface area (Å²) < 4.78 is 4.92. The third-order valence-corrected chi connectivity index (χ3v) is 2.14. The number of carbonyl (C=O) groups is 1. The van der Waals surface area contributed by atoms with Crippen LogP contribution in [0.4, 0.5) is 0 Å². The lowest BCUT2D eigenvalue weighted by molar-refractivity contribution is -0.138. The standard InChI is InChI=1S/C9H10ClNO3/c1-14-5-2-3-6(7(10)4-5)8(11)9(12)13/h2-4,8H,11H2,1H3,(H,12,13). The maximum atomic E-state index is 10.6. The third-order valence-electron chi connectivity index (χ3n) is 1.81. The van der Waals surface area contributed by atoms with Gasteiger partial charge < -0.3 is 15.6 Å². The van der Waals surface area contributed by atoms with Crippen LogP contribution >= 0.6 is 11.6 Å². The number of aliphatic carboxylic acids is 1. The Labute approximate surface area is 86.2 Å². The van der Waals surface area contributed by atoms with Crippen molar-refractivity contribution in [2.75, 3.05) is 7.11 Å². The van der Waals surface area contributed by atoms with Gasteiger partial charge in [0.05, 0.1) is 7.11 Å². The maximum Gasteiger partial charge on any atom is 0.325 e. The molecule has 76 valence electrons. The predicted octanol–water partition coefficient (Wildman–Crippen LogP) is 1.43. The van der Waals surface area contributed by atoms with Crippen molar-refractivity contribution in [3.05, 3.63) is 28.8 Å². The molecule has 0 aromatic heterocycles. The lowest BCUT2D eigenvalue weighted by Gasteiger charge is -2.09. The summed E-state index contributed by atoms with van der Waals surface area (Å²) in [6, 6.07) is 3.58. The van der Waals surface area contributed by atoms with Gasteiger partial charge in [-0.05, 0) is 17.7 Å². The van der Waals surface area contributed by atoms with Gasteiger partial charge >= 0.3 is 5.97 Å². The fourth-order valence-corrected chi connectivity index (χ4v) is 1.31. The fraction of sp³-hybridized carbons (Fsp3) is 0.222. The molecular formula is C9H10ClNO3. The van der Waals surface area contributed by atoms with Crippen molar-refractivity contribution in [2.45, 2.75) is 6.04 Å². The molecule has 1 aromatic carbocycles. The van der Waals surface area contributed by atoms with E-state index >= 15 is 0 Å². The first-order valence-corrected chi connectivity index (χ1v) is 4.26. The van der Waals surface area contributed by atoms with Crippen LogP contribution in [0.3, 0.4) is 0 Å². The maximum absolute atomic E-state index is 10.6. The number of carboxylic acid groups (broad SMARTS) is 1. The number of benzene rings is 1. The van der Waals surface area contributed by atoms with E-state index in [1.54, 1.807) is 12.1 Å². The number of rotatable bonds is 3. The molecule has 5 heteroatoms. The quantitative estimate of drug-likeness (QED) is 0.800. The molecule has 0 radical (unpaired) electrons. The predicted molar refractivity (Wildman–Crippen MR) is 52.6 cm³/mol. The summed E-state index contributed by atoms with van der Waals surface area (Å²) in [5, 5.41) is 8.96. The smallest absolute Gasteiger partial charge is 0.325 e. The normalized spacial score (nSPS) is 12.2. The van der Waals surface area contributed by atoms with Crippen molar-refractivity contribution in [3.63, 3.8) is 0 Å². The Morgan fingerprint density at radius 3 is 2.71 bits per heavy atom. The highest BCUT2D eigenvalue weighted by atomic mass is 35.5. The van der Waals surface area contributed by atoms with E-state index in [9.17, 15) is 4.79 Å². The molecule has 0 bridgehead atoms. The van der Waals surface area contributed by atoms with Crippen LogP contribution in [-0.2, 0) is 4.79 Å². The number of nitrogens with two attached hydrogens (primary N) is 1. The summed E-state index contributed by atoms with van der Waals surface area (Å²) in [6.45, 7) is 0. The molecular weight excluding hydrogens is 206 g/mol. The van der Waals surface area contributed by atoms with Gasteiger partial charge in [-0.1, -0.05) is 17.7 Å². The van der Waals surface area contributed by atoms with Crippen LogP contribution in [0.25, 0.3) is 0 Å². The summed E-state index contributed by atoms with van der Waals surface area (Å²) in [5.74, 6) is -0.548. The van der Waals surface area contributed by atoms with Crippen molar-refractivity contribution in [1.82, 2.24) is 0 Å². The lowest BCUT2D eigenvalue weighted by Crippen LogP contribution is -2.20. The first-order chi connectivity index (χ1) is 6.56. The van der Waals surface area contributed by atoms with E-state index in [-0.39, 0.29) is 0 Å². The average molecular weight is 216 g/mol. The van der Waals surface area contributed by atoms with Gasteiger partial charge in [-0.2, -0.15) is 0 Å². The summed E-state index contributed by atoms with van der Waals surface area (Å²) >= 11 is 5.82. The summed E-state index contributed by atoms with van der Waals surface area (Å²) in [5.41, 5.74) is 5.78. The van der Waals surface area contributed by atoms with Gasteiger partial charge in [0, 0.05) is 5.02 Å². The molecule has 0 amide bonds. The molecule has 4 nitrogen and oxygen atoms in total. The Morgan fingerprint density at radius 2 is 2.29 bits per heavy atom. The number of halogens is 1. The SMILES string of the molecule is COc1ccc(C(N)C(=O)O)c(Cl)c1. The highest BCUT2D eigenvalue weighted by Gasteiger charge is 2.17. The molecule has 0 fully saturated rings. The van der Waals surface area contributed by atoms with Crippen molar-refractivity contribution in [2.24, 2.45) is 5.73 Å². The molecule has 1 aromatic rings. The minimum absolute atomic E-state index is 0.291. The van der Waals surface area contributed by atoms with Crippen LogP contribution in [0.15, 0.2) is 18.2 Å². The zero-order valence-corrected chi connectivity index (χ0v) is 8.28. The van der Waals surface area contributed by atoms with Crippen molar-refractivity contribution in [1.29, 1.82) is 0 Å². The average Bonchev–Trinajstić information content (AvgIpc) is 2.16. The Bertz CT molecular complexity index is 354. The van der Waals surface area contributed by atoms with Crippen molar-refractivity contribution >= 4 is 17.6 Å². The molecule has 0 saturated heterocycles. The molecule has 1 unspecified atom stereocenters.